The second kappa shape index (κ2) is 8.31. The molecule has 21 heavy (non-hydrogen) atoms. The van der Waals surface area contributed by atoms with Gasteiger partial charge >= 0.3 is 0 Å². The zero-order valence-corrected chi connectivity index (χ0v) is 14.0. The van der Waals surface area contributed by atoms with Crippen LogP contribution in [0.2, 0.25) is 0 Å². The summed E-state index contributed by atoms with van der Waals surface area (Å²) in [5.74, 6) is 0.957. The van der Waals surface area contributed by atoms with E-state index in [2.05, 4.69) is 0 Å². The molecular weight excluding hydrogens is 308 g/mol. The molecule has 1 aromatic rings. The van der Waals surface area contributed by atoms with E-state index in [1.165, 1.54) is 6.26 Å². The van der Waals surface area contributed by atoms with Crippen molar-refractivity contribution in [1.82, 2.24) is 4.90 Å². The minimum absolute atomic E-state index is 0.185. The van der Waals surface area contributed by atoms with Crippen LogP contribution in [0.15, 0.2) is 24.3 Å². The minimum Gasteiger partial charge on any atom is -0.494 e. The molecule has 1 aromatic carbocycles. The fraction of sp³-hybridized carbons (Fsp3) is 0.500. The molecule has 0 heterocycles. The average molecular weight is 330 g/mol. The molecule has 2 N–H and O–H groups in total. The zero-order chi connectivity index (χ0) is 15.9. The van der Waals surface area contributed by atoms with Crippen molar-refractivity contribution in [3.05, 3.63) is 29.8 Å². The summed E-state index contributed by atoms with van der Waals surface area (Å²) in [6.07, 6.45) is 2.08. The molecule has 0 aliphatic heterocycles. The van der Waals surface area contributed by atoms with Gasteiger partial charge in [0.25, 0.3) is 0 Å². The normalized spacial score (nSPS) is 11.6. The summed E-state index contributed by atoms with van der Waals surface area (Å²) in [6.45, 7) is 1.91. The highest BCUT2D eigenvalue weighted by Crippen LogP contribution is 2.12. The quantitative estimate of drug-likeness (QED) is 0.539. The maximum absolute atomic E-state index is 11.1. The molecule has 7 heteroatoms. The number of nitrogens with two attached hydrogens (primary N) is 1. The highest BCUT2D eigenvalue weighted by Gasteiger charge is 2.05. The van der Waals surface area contributed by atoms with Crippen molar-refractivity contribution in [3.63, 3.8) is 0 Å². The van der Waals surface area contributed by atoms with Crippen LogP contribution in [0, 0.1) is 0 Å². The SMILES string of the molecule is CN(CCCOc1ccc(C(N)=S)cc1)CCS(C)(=O)=O. The van der Waals surface area contributed by atoms with Crippen LogP contribution in [-0.4, -0.2) is 57.1 Å². The molecule has 0 spiro atoms. The summed E-state index contributed by atoms with van der Waals surface area (Å²) in [4.78, 5) is 2.36. The Bertz CT molecular complexity index is 556. The molecule has 0 radical (unpaired) electrons. The monoisotopic (exact) mass is 330 g/mol. The number of sulfone groups is 1. The first kappa shape index (κ1) is 17.9. The lowest BCUT2D eigenvalue weighted by Crippen LogP contribution is -2.27. The third-order valence-corrected chi connectivity index (χ3v) is 4.10. The Morgan fingerprint density at radius 2 is 1.90 bits per heavy atom. The van der Waals surface area contributed by atoms with Crippen LogP contribution in [0.25, 0.3) is 0 Å². The van der Waals surface area contributed by atoms with Crippen LogP contribution in [0.4, 0.5) is 0 Å². The zero-order valence-electron chi connectivity index (χ0n) is 12.4. The molecule has 118 valence electrons. The van der Waals surface area contributed by atoms with Crippen molar-refractivity contribution in [3.8, 4) is 5.75 Å². The molecule has 0 aliphatic rings. The molecule has 0 aromatic heterocycles. The lowest BCUT2D eigenvalue weighted by atomic mass is 10.2. The first-order valence-corrected chi connectivity index (χ1v) is 9.14. The Balaban J connectivity index is 2.23. The van der Waals surface area contributed by atoms with Crippen LogP contribution in [0.1, 0.15) is 12.0 Å². The van der Waals surface area contributed by atoms with Crippen molar-refractivity contribution in [2.45, 2.75) is 6.42 Å². The van der Waals surface area contributed by atoms with Crippen LogP contribution < -0.4 is 10.5 Å². The van der Waals surface area contributed by atoms with E-state index in [1.54, 1.807) is 0 Å². The molecule has 0 amide bonds. The predicted octanol–water partition coefficient (Wildman–Crippen LogP) is 1.07. The van der Waals surface area contributed by atoms with E-state index in [9.17, 15) is 8.42 Å². The van der Waals surface area contributed by atoms with E-state index in [0.717, 1.165) is 24.3 Å². The number of hydrogen-bond donors (Lipinski definition) is 1. The molecule has 0 atom stereocenters. The highest BCUT2D eigenvalue weighted by atomic mass is 32.2. The van der Waals surface area contributed by atoms with Gasteiger partial charge in [-0.1, -0.05) is 12.2 Å². The van der Waals surface area contributed by atoms with Crippen LogP contribution in [0.3, 0.4) is 0 Å². The van der Waals surface area contributed by atoms with Crippen molar-refractivity contribution in [1.29, 1.82) is 0 Å². The van der Waals surface area contributed by atoms with Gasteiger partial charge in [-0.15, -0.1) is 0 Å². The minimum atomic E-state index is -2.90. The van der Waals surface area contributed by atoms with Gasteiger partial charge in [-0.05, 0) is 37.7 Å². The topological polar surface area (TPSA) is 72.6 Å². The summed E-state index contributed by atoms with van der Waals surface area (Å²) in [7, 11) is -0.993. The number of benzene rings is 1. The molecular formula is C14H22N2O3S2. The van der Waals surface area contributed by atoms with E-state index < -0.39 is 9.84 Å². The molecule has 0 bridgehead atoms. The fourth-order valence-electron chi connectivity index (χ4n) is 1.67. The number of ether oxygens (including phenoxy) is 1. The van der Waals surface area contributed by atoms with Gasteiger partial charge in [-0.3, -0.25) is 0 Å². The molecule has 0 unspecified atom stereocenters. The van der Waals surface area contributed by atoms with Crippen molar-refractivity contribution >= 4 is 27.0 Å². The van der Waals surface area contributed by atoms with Gasteiger partial charge < -0.3 is 15.4 Å². The second-order valence-corrected chi connectivity index (χ2v) is 7.72. The van der Waals surface area contributed by atoms with Crippen LogP contribution in [-0.2, 0) is 9.84 Å². The van der Waals surface area contributed by atoms with E-state index in [1.807, 2.05) is 36.2 Å². The van der Waals surface area contributed by atoms with Crippen LogP contribution >= 0.6 is 12.2 Å². The number of hydrogen-bond acceptors (Lipinski definition) is 5. The standard InChI is InChI=1S/C14H22N2O3S2/c1-16(9-11-21(2,17)18)8-3-10-19-13-6-4-12(5-7-13)14(15)20/h4-7H,3,8-11H2,1-2H3,(H2,15,20). The molecule has 0 aliphatic carbocycles. The Hall–Kier alpha value is -1.18. The lowest BCUT2D eigenvalue weighted by molar-refractivity contribution is 0.268. The van der Waals surface area contributed by atoms with Crippen LogP contribution in [0.5, 0.6) is 5.75 Å². The maximum Gasteiger partial charge on any atom is 0.148 e. The van der Waals surface area contributed by atoms with E-state index in [0.29, 0.717) is 18.1 Å². The van der Waals surface area contributed by atoms with E-state index in [4.69, 9.17) is 22.7 Å². The smallest absolute Gasteiger partial charge is 0.148 e. The molecule has 0 fully saturated rings. The van der Waals surface area contributed by atoms with Gasteiger partial charge in [-0.2, -0.15) is 0 Å². The summed E-state index contributed by atoms with van der Waals surface area (Å²) >= 11 is 4.88. The summed E-state index contributed by atoms with van der Waals surface area (Å²) in [5, 5.41) is 0. The third kappa shape index (κ3) is 7.99. The van der Waals surface area contributed by atoms with Gasteiger partial charge in [0, 0.05) is 24.9 Å². The molecule has 0 saturated heterocycles. The Morgan fingerprint density at radius 1 is 1.29 bits per heavy atom. The first-order valence-electron chi connectivity index (χ1n) is 6.67. The van der Waals surface area contributed by atoms with Crippen molar-refractivity contribution in [2.24, 2.45) is 5.73 Å². The van der Waals surface area contributed by atoms with Gasteiger partial charge in [0.15, 0.2) is 0 Å². The van der Waals surface area contributed by atoms with Crippen molar-refractivity contribution in [2.75, 3.05) is 38.8 Å². The first-order chi connectivity index (χ1) is 9.78. The Morgan fingerprint density at radius 3 is 2.43 bits per heavy atom. The number of rotatable bonds is 9. The Kier molecular flexibility index (Phi) is 7.07. The molecule has 0 saturated carbocycles. The highest BCUT2D eigenvalue weighted by molar-refractivity contribution is 7.90. The lowest BCUT2D eigenvalue weighted by Gasteiger charge is -2.16. The van der Waals surface area contributed by atoms with Crippen molar-refractivity contribution < 1.29 is 13.2 Å². The molecule has 1 rings (SSSR count). The van der Waals surface area contributed by atoms with E-state index >= 15 is 0 Å². The maximum atomic E-state index is 11.1. The van der Waals surface area contributed by atoms with Gasteiger partial charge in [0.05, 0.1) is 12.4 Å². The van der Waals surface area contributed by atoms with Gasteiger partial charge in [0.2, 0.25) is 0 Å². The van der Waals surface area contributed by atoms with Gasteiger partial charge in [-0.25, -0.2) is 8.42 Å². The fourth-order valence-corrected chi connectivity index (χ4v) is 2.45. The average Bonchev–Trinajstić information content (AvgIpc) is 2.41. The number of thiocarbonyl (C=S) groups is 1. The van der Waals surface area contributed by atoms with E-state index in [-0.39, 0.29) is 5.75 Å². The summed E-state index contributed by atoms with van der Waals surface area (Å²) in [6, 6.07) is 7.33. The second-order valence-electron chi connectivity index (χ2n) is 5.02. The predicted molar refractivity (Wildman–Crippen MR) is 89.6 cm³/mol. The number of nitrogens with zero attached hydrogens (tertiary/aromatic N) is 1. The van der Waals surface area contributed by atoms with Gasteiger partial charge in [0.1, 0.15) is 20.6 Å². The Labute approximate surface area is 132 Å². The third-order valence-electron chi connectivity index (χ3n) is 2.94. The largest absolute Gasteiger partial charge is 0.494 e. The summed E-state index contributed by atoms with van der Waals surface area (Å²) in [5.41, 5.74) is 6.34. The molecule has 5 nitrogen and oxygen atoms in total. The summed E-state index contributed by atoms with van der Waals surface area (Å²) < 4.78 is 27.7.